The molecule has 0 aliphatic rings. The summed E-state index contributed by atoms with van der Waals surface area (Å²) in [5, 5.41) is 6.44. The molecule has 1 N–H and O–H groups in total. The molecule has 0 unspecified atom stereocenters. The maximum atomic E-state index is 11.7. The van der Waals surface area contributed by atoms with Gasteiger partial charge >= 0.3 is 5.97 Å². The van der Waals surface area contributed by atoms with E-state index in [0.717, 1.165) is 5.56 Å². The number of benzene rings is 1. The lowest BCUT2D eigenvalue weighted by Crippen LogP contribution is -2.24. The number of hydrogen-bond donors (Lipinski definition) is 1. The van der Waals surface area contributed by atoms with Gasteiger partial charge in [-0.1, -0.05) is 29.8 Å². The van der Waals surface area contributed by atoms with E-state index < -0.39 is 0 Å². The summed E-state index contributed by atoms with van der Waals surface area (Å²) in [6.45, 7) is 2.77. The van der Waals surface area contributed by atoms with Crippen LogP contribution in [0.1, 0.15) is 34.3 Å². The van der Waals surface area contributed by atoms with Gasteiger partial charge in [0.05, 0.1) is 0 Å². The van der Waals surface area contributed by atoms with Crippen molar-refractivity contribution in [1.29, 1.82) is 0 Å². The highest BCUT2D eigenvalue weighted by molar-refractivity contribution is 7.08. The Bertz CT molecular complexity index is 605. The molecule has 2 aromatic rings. The Morgan fingerprint density at radius 2 is 1.95 bits per heavy atom. The van der Waals surface area contributed by atoms with Crippen LogP contribution in [0.5, 0.6) is 0 Å². The van der Waals surface area contributed by atoms with Gasteiger partial charge in [0, 0.05) is 23.9 Å². The van der Waals surface area contributed by atoms with Crippen LogP contribution in [-0.4, -0.2) is 18.4 Å². The molecule has 0 saturated heterocycles. The zero-order valence-electron chi connectivity index (χ0n) is 12.5. The first-order valence-electron chi connectivity index (χ1n) is 7.17. The summed E-state index contributed by atoms with van der Waals surface area (Å²) < 4.78 is 5.20. The van der Waals surface area contributed by atoms with Crippen molar-refractivity contribution in [3.05, 3.63) is 57.8 Å². The van der Waals surface area contributed by atoms with Gasteiger partial charge in [-0.2, -0.15) is 11.3 Å². The third-order valence-electron chi connectivity index (χ3n) is 3.15. The molecule has 0 radical (unpaired) electrons. The number of rotatable bonds is 7. The Morgan fingerprint density at radius 3 is 2.64 bits per heavy atom. The summed E-state index contributed by atoms with van der Waals surface area (Å²) in [5.74, 6) is -0.348. The average Bonchev–Trinajstić information content (AvgIpc) is 3.05. The fraction of sp³-hybridized carbons (Fsp3) is 0.294. The first-order valence-corrected chi connectivity index (χ1v) is 8.11. The van der Waals surface area contributed by atoms with Crippen molar-refractivity contribution in [2.45, 2.75) is 26.4 Å². The summed E-state index contributed by atoms with van der Waals surface area (Å²) >= 11 is 1.48. The van der Waals surface area contributed by atoms with Gasteiger partial charge < -0.3 is 10.1 Å². The maximum absolute atomic E-state index is 11.7. The van der Waals surface area contributed by atoms with Crippen molar-refractivity contribution in [1.82, 2.24) is 5.32 Å². The van der Waals surface area contributed by atoms with Crippen LogP contribution < -0.4 is 5.32 Å². The number of carbonyl (C=O) groups excluding carboxylic acids is 2. The molecule has 0 saturated carbocycles. The van der Waals surface area contributed by atoms with Crippen molar-refractivity contribution >= 4 is 23.2 Å². The van der Waals surface area contributed by atoms with Gasteiger partial charge in [0.1, 0.15) is 6.61 Å². The normalized spacial score (nSPS) is 10.2. The van der Waals surface area contributed by atoms with Gasteiger partial charge in [-0.3, -0.25) is 9.59 Å². The van der Waals surface area contributed by atoms with Crippen molar-refractivity contribution in [2.75, 3.05) is 6.54 Å². The van der Waals surface area contributed by atoms with Gasteiger partial charge in [-0.25, -0.2) is 0 Å². The Labute approximate surface area is 134 Å². The topological polar surface area (TPSA) is 55.4 Å². The lowest BCUT2D eigenvalue weighted by atomic mass is 10.2. The van der Waals surface area contributed by atoms with Crippen LogP contribution in [0.4, 0.5) is 0 Å². The predicted molar refractivity (Wildman–Crippen MR) is 86.9 cm³/mol. The van der Waals surface area contributed by atoms with Crippen LogP contribution in [0.2, 0.25) is 0 Å². The minimum absolute atomic E-state index is 0.103. The van der Waals surface area contributed by atoms with E-state index in [1.54, 1.807) is 11.4 Å². The molecule has 0 atom stereocenters. The molecule has 0 aliphatic carbocycles. The van der Waals surface area contributed by atoms with Crippen molar-refractivity contribution < 1.29 is 14.3 Å². The molecular formula is C17H19NO3S. The third kappa shape index (κ3) is 5.33. The predicted octanol–water partition coefficient (Wildman–Crippen LogP) is 3.31. The van der Waals surface area contributed by atoms with Gasteiger partial charge in [-0.15, -0.1) is 0 Å². The van der Waals surface area contributed by atoms with Crippen LogP contribution >= 0.6 is 11.3 Å². The molecule has 2 rings (SSSR count). The standard InChI is InChI=1S/C17H19NO3S/c1-13-4-6-14(7-5-13)11-21-16(19)3-2-9-18-17(20)15-8-10-22-12-15/h4-8,10,12H,2-3,9,11H2,1H3,(H,18,20). The molecular weight excluding hydrogens is 298 g/mol. The van der Waals surface area contributed by atoms with Crippen LogP contribution in [-0.2, 0) is 16.1 Å². The number of hydrogen-bond acceptors (Lipinski definition) is 4. The molecule has 22 heavy (non-hydrogen) atoms. The Morgan fingerprint density at radius 1 is 1.18 bits per heavy atom. The number of carbonyl (C=O) groups is 2. The van der Waals surface area contributed by atoms with Gasteiger partial charge in [-0.05, 0) is 30.4 Å². The second kappa shape index (κ2) is 8.34. The Kier molecular flexibility index (Phi) is 6.15. The molecule has 116 valence electrons. The number of nitrogens with one attached hydrogen (secondary N) is 1. The maximum Gasteiger partial charge on any atom is 0.306 e. The first kappa shape index (κ1) is 16.2. The molecule has 0 spiro atoms. The first-order chi connectivity index (χ1) is 10.6. The zero-order valence-corrected chi connectivity index (χ0v) is 13.3. The number of aryl methyl sites for hydroxylation is 1. The smallest absolute Gasteiger partial charge is 0.306 e. The lowest BCUT2D eigenvalue weighted by Gasteiger charge is -2.06. The second-order valence-electron chi connectivity index (χ2n) is 5.02. The molecule has 0 bridgehead atoms. The summed E-state index contributed by atoms with van der Waals surface area (Å²) in [4.78, 5) is 23.3. The van der Waals surface area contributed by atoms with E-state index in [1.165, 1.54) is 16.9 Å². The number of ether oxygens (including phenoxy) is 1. The molecule has 1 heterocycles. The Hall–Kier alpha value is -2.14. The molecule has 5 heteroatoms. The highest BCUT2D eigenvalue weighted by Gasteiger charge is 2.06. The zero-order chi connectivity index (χ0) is 15.8. The average molecular weight is 317 g/mol. The fourth-order valence-electron chi connectivity index (χ4n) is 1.85. The third-order valence-corrected chi connectivity index (χ3v) is 3.83. The van der Waals surface area contributed by atoms with E-state index in [2.05, 4.69) is 5.32 Å². The molecule has 0 aliphatic heterocycles. The van der Waals surface area contributed by atoms with E-state index in [-0.39, 0.29) is 11.9 Å². The van der Waals surface area contributed by atoms with Crippen LogP contribution in [0.25, 0.3) is 0 Å². The monoisotopic (exact) mass is 317 g/mol. The largest absolute Gasteiger partial charge is 0.461 e. The van der Waals surface area contributed by atoms with E-state index in [9.17, 15) is 9.59 Å². The van der Waals surface area contributed by atoms with E-state index in [0.29, 0.717) is 31.6 Å². The molecule has 1 aromatic carbocycles. The molecule has 1 amide bonds. The number of amides is 1. The van der Waals surface area contributed by atoms with E-state index >= 15 is 0 Å². The second-order valence-corrected chi connectivity index (χ2v) is 5.80. The van der Waals surface area contributed by atoms with Gasteiger partial charge in [0.15, 0.2) is 0 Å². The summed E-state index contributed by atoms with van der Waals surface area (Å²) in [6, 6.07) is 9.65. The summed E-state index contributed by atoms with van der Waals surface area (Å²) in [7, 11) is 0. The van der Waals surface area contributed by atoms with Gasteiger partial charge in [0.25, 0.3) is 5.91 Å². The molecule has 4 nitrogen and oxygen atoms in total. The summed E-state index contributed by atoms with van der Waals surface area (Å²) in [6.07, 6.45) is 0.873. The fourth-order valence-corrected chi connectivity index (χ4v) is 2.49. The van der Waals surface area contributed by atoms with Crippen molar-refractivity contribution in [3.63, 3.8) is 0 Å². The SMILES string of the molecule is Cc1ccc(COC(=O)CCCNC(=O)c2ccsc2)cc1. The number of thiophene rings is 1. The minimum atomic E-state index is -0.245. The Balaban J connectivity index is 1.59. The van der Waals surface area contributed by atoms with Crippen LogP contribution in [0.3, 0.4) is 0 Å². The highest BCUT2D eigenvalue weighted by Crippen LogP contribution is 2.07. The van der Waals surface area contributed by atoms with Crippen molar-refractivity contribution in [3.8, 4) is 0 Å². The number of esters is 1. The van der Waals surface area contributed by atoms with Crippen LogP contribution in [0.15, 0.2) is 41.1 Å². The summed E-state index contributed by atoms with van der Waals surface area (Å²) in [5.41, 5.74) is 2.81. The minimum Gasteiger partial charge on any atom is -0.461 e. The van der Waals surface area contributed by atoms with Crippen molar-refractivity contribution in [2.24, 2.45) is 0 Å². The lowest BCUT2D eigenvalue weighted by molar-refractivity contribution is -0.145. The molecule has 1 aromatic heterocycles. The van der Waals surface area contributed by atoms with E-state index in [4.69, 9.17) is 4.74 Å². The van der Waals surface area contributed by atoms with Gasteiger partial charge in [0.2, 0.25) is 0 Å². The molecule has 0 fully saturated rings. The highest BCUT2D eigenvalue weighted by atomic mass is 32.1. The quantitative estimate of drug-likeness (QED) is 0.629. The van der Waals surface area contributed by atoms with Crippen LogP contribution in [0, 0.1) is 6.92 Å². The van der Waals surface area contributed by atoms with E-state index in [1.807, 2.05) is 36.6 Å².